The second-order valence-corrected chi connectivity index (χ2v) is 6.92. The molecule has 0 radical (unpaired) electrons. The van der Waals surface area contributed by atoms with Crippen molar-refractivity contribution in [3.63, 3.8) is 0 Å². The molecule has 1 aromatic carbocycles. The van der Waals surface area contributed by atoms with Gasteiger partial charge in [0.05, 0.1) is 6.54 Å². The predicted molar refractivity (Wildman–Crippen MR) is 94.1 cm³/mol. The van der Waals surface area contributed by atoms with Gasteiger partial charge in [-0.1, -0.05) is 29.8 Å². The number of piperazine rings is 1. The molecule has 2 amide bonds. The van der Waals surface area contributed by atoms with E-state index in [9.17, 15) is 14.4 Å². The quantitative estimate of drug-likeness (QED) is 0.765. The van der Waals surface area contributed by atoms with Gasteiger partial charge in [-0.3, -0.25) is 19.3 Å². The van der Waals surface area contributed by atoms with Crippen molar-refractivity contribution in [3.8, 4) is 0 Å². The molecule has 2 fully saturated rings. The second kappa shape index (κ2) is 7.78. The standard InChI is InChI=1S/C19H25N3O3/c1-14-3-2-4-15(11-14)12-17(23)19(25)20-13-18(24)22-9-7-21(8-10-22)16-5-6-16/h2-4,11,16H,5-10,12-13H2,1H3,(H,20,25). The van der Waals surface area contributed by atoms with E-state index >= 15 is 0 Å². The fraction of sp³-hybridized carbons (Fsp3) is 0.526. The van der Waals surface area contributed by atoms with Crippen molar-refractivity contribution < 1.29 is 14.4 Å². The van der Waals surface area contributed by atoms with E-state index in [0.29, 0.717) is 13.1 Å². The van der Waals surface area contributed by atoms with Gasteiger partial charge >= 0.3 is 0 Å². The van der Waals surface area contributed by atoms with Crippen LogP contribution in [-0.4, -0.2) is 66.2 Å². The molecule has 6 nitrogen and oxygen atoms in total. The third-order valence-corrected chi connectivity index (χ3v) is 4.83. The van der Waals surface area contributed by atoms with E-state index in [2.05, 4.69) is 10.2 Å². The third kappa shape index (κ3) is 4.89. The summed E-state index contributed by atoms with van der Waals surface area (Å²) in [5, 5.41) is 2.47. The number of carbonyl (C=O) groups is 3. The number of ketones is 1. The van der Waals surface area contributed by atoms with Crippen molar-refractivity contribution in [2.75, 3.05) is 32.7 Å². The van der Waals surface area contributed by atoms with Crippen molar-refractivity contribution in [2.45, 2.75) is 32.2 Å². The van der Waals surface area contributed by atoms with Gasteiger partial charge in [-0.2, -0.15) is 0 Å². The molecule has 1 saturated carbocycles. The number of nitrogens with one attached hydrogen (secondary N) is 1. The number of nitrogens with zero attached hydrogens (tertiary/aromatic N) is 2. The molecule has 1 aliphatic heterocycles. The summed E-state index contributed by atoms with van der Waals surface area (Å²) in [5.74, 6) is -1.32. The number of hydrogen-bond donors (Lipinski definition) is 1. The first-order valence-electron chi connectivity index (χ1n) is 8.91. The summed E-state index contributed by atoms with van der Waals surface area (Å²) >= 11 is 0. The lowest BCUT2D eigenvalue weighted by molar-refractivity contribution is -0.139. The largest absolute Gasteiger partial charge is 0.340 e. The monoisotopic (exact) mass is 343 g/mol. The lowest BCUT2D eigenvalue weighted by Crippen LogP contribution is -2.52. The highest BCUT2D eigenvalue weighted by Gasteiger charge is 2.32. The van der Waals surface area contributed by atoms with E-state index in [4.69, 9.17) is 0 Å². The zero-order chi connectivity index (χ0) is 17.8. The van der Waals surface area contributed by atoms with Crippen LogP contribution in [0.15, 0.2) is 24.3 Å². The molecular weight excluding hydrogens is 318 g/mol. The van der Waals surface area contributed by atoms with Crippen molar-refractivity contribution in [1.29, 1.82) is 0 Å². The minimum atomic E-state index is -0.688. The number of amides is 2. The topological polar surface area (TPSA) is 69.7 Å². The van der Waals surface area contributed by atoms with E-state index in [0.717, 1.165) is 30.3 Å². The summed E-state index contributed by atoms with van der Waals surface area (Å²) < 4.78 is 0. The molecule has 1 aromatic rings. The maximum atomic E-state index is 12.2. The highest BCUT2D eigenvalue weighted by Crippen LogP contribution is 2.27. The Morgan fingerprint density at radius 1 is 1.12 bits per heavy atom. The smallest absolute Gasteiger partial charge is 0.288 e. The Balaban J connectivity index is 1.40. The summed E-state index contributed by atoms with van der Waals surface area (Å²) in [6, 6.07) is 8.23. The van der Waals surface area contributed by atoms with Crippen molar-refractivity contribution >= 4 is 17.6 Å². The summed E-state index contributed by atoms with van der Waals surface area (Å²) in [6.45, 7) is 5.02. The van der Waals surface area contributed by atoms with Crippen LogP contribution in [-0.2, 0) is 20.8 Å². The van der Waals surface area contributed by atoms with Crippen LogP contribution in [0.2, 0.25) is 0 Å². The summed E-state index contributed by atoms with van der Waals surface area (Å²) in [4.78, 5) is 40.3. The van der Waals surface area contributed by atoms with E-state index in [1.54, 1.807) is 4.90 Å². The predicted octanol–water partition coefficient (Wildman–Crippen LogP) is 0.529. The minimum Gasteiger partial charge on any atom is -0.340 e. The van der Waals surface area contributed by atoms with Crippen molar-refractivity contribution in [1.82, 2.24) is 15.1 Å². The van der Waals surface area contributed by atoms with Gasteiger partial charge in [0.1, 0.15) is 0 Å². The molecule has 3 rings (SSSR count). The van der Waals surface area contributed by atoms with Crippen molar-refractivity contribution in [2.24, 2.45) is 0 Å². The Kier molecular flexibility index (Phi) is 5.48. The van der Waals surface area contributed by atoms with Crippen LogP contribution in [0.25, 0.3) is 0 Å². The van der Waals surface area contributed by atoms with E-state index in [1.165, 1.54) is 12.8 Å². The first-order valence-corrected chi connectivity index (χ1v) is 8.91. The molecule has 2 aliphatic rings. The molecule has 0 spiro atoms. The molecule has 6 heteroatoms. The van der Waals surface area contributed by atoms with Gasteiger partial charge < -0.3 is 10.2 Å². The average molecular weight is 343 g/mol. The highest BCUT2D eigenvalue weighted by molar-refractivity contribution is 6.36. The Hall–Kier alpha value is -2.21. The molecule has 1 aliphatic carbocycles. The fourth-order valence-corrected chi connectivity index (χ4v) is 3.23. The zero-order valence-corrected chi connectivity index (χ0v) is 14.7. The number of rotatable bonds is 6. The Morgan fingerprint density at radius 2 is 1.84 bits per heavy atom. The Bertz CT molecular complexity index is 662. The fourth-order valence-electron chi connectivity index (χ4n) is 3.23. The summed E-state index contributed by atoms with van der Waals surface area (Å²) in [6.07, 6.45) is 2.60. The van der Waals surface area contributed by atoms with Gasteiger partial charge in [-0.25, -0.2) is 0 Å². The maximum absolute atomic E-state index is 12.2. The molecule has 0 aromatic heterocycles. The maximum Gasteiger partial charge on any atom is 0.288 e. The van der Waals surface area contributed by atoms with Crippen LogP contribution in [0.1, 0.15) is 24.0 Å². The molecule has 0 unspecified atom stereocenters. The third-order valence-electron chi connectivity index (χ3n) is 4.83. The number of aryl methyl sites for hydroxylation is 1. The van der Waals surface area contributed by atoms with Gasteiger partial charge in [-0.15, -0.1) is 0 Å². The molecule has 0 bridgehead atoms. The van der Waals surface area contributed by atoms with Gasteiger partial charge in [-0.05, 0) is 25.3 Å². The van der Waals surface area contributed by atoms with E-state index in [1.807, 2.05) is 31.2 Å². The first kappa shape index (κ1) is 17.6. The van der Waals surface area contributed by atoms with E-state index in [-0.39, 0.29) is 18.9 Å². The van der Waals surface area contributed by atoms with Gasteiger partial charge in [0.25, 0.3) is 5.91 Å². The first-order chi connectivity index (χ1) is 12.0. The molecule has 1 heterocycles. The zero-order valence-electron chi connectivity index (χ0n) is 14.7. The van der Waals surface area contributed by atoms with Crippen LogP contribution in [0.3, 0.4) is 0 Å². The SMILES string of the molecule is Cc1cccc(CC(=O)C(=O)NCC(=O)N2CCN(C3CC3)CC2)c1. The lowest BCUT2D eigenvalue weighted by atomic mass is 10.1. The molecule has 134 valence electrons. The molecule has 1 saturated heterocycles. The Labute approximate surface area is 148 Å². The minimum absolute atomic E-state index is 0.0573. The molecule has 25 heavy (non-hydrogen) atoms. The van der Waals surface area contributed by atoms with Crippen LogP contribution >= 0.6 is 0 Å². The van der Waals surface area contributed by atoms with E-state index < -0.39 is 11.7 Å². The van der Waals surface area contributed by atoms with Crippen molar-refractivity contribution in [3.05, 3.63) is 35.4 Å². The summed E-state index contributed by atoms with van der Waals surface area (Å²) in [7, 11) is 0. The molecular formula is C19H25N3O3. The Morgan fingerprint density at radius 3 is 2.48 bits per heavy atom. The van der Waals surface area contributed by atoms with Gasteiger partial charge in [0.2, 0.25) is 11.7 Å². The summed E-state index contributed by atoms with van der Waals surface area (Å²) in [5.41, 5.74) is 1.86. The van der Waals surface area contributed by atoms with Gasteiger partial charge in [0, 0.05) is 38.6 Å². The number of carbonyl (C=O) groups excluding carboxylic acids is 3. The average Bonchev–Trinajstić information content (AvgIpc) is 3.44. The number of Topliss-reactive ketones (excluding diaryl/α,β-unsaturated/α-hetero) is 1. The number of hydrogen-bond acceptors (Lipinski definition) is 4. The second-order valence-electron chi connectivity index (χ2n) is 6.92. The lowest BCUT2D eigenvalue weighted by Gasteiger charge is -2.34. The van der Waals surface area contributed by atoms with Crippen LogP contribution in [0.4, 0.5) is 0 Å². The van der Waals surface area contributed by atoms with Crippen LogP contribution < -0.4 is 5.32 Å². The molecule has 0 atom stereocenters. The van der Waals surface area contributed by atoms with Crippen LogP contribution in [0, 0.1) is 6.92 Å². The highest BCUT2D eigenvalue weighted by atomic mass is 16.2. The molecule has 1 N–H and O–H groups in total. The van der Waals surface area contributed by atoms with Crippen LogP contribution in [0.5, 0.6) is 0 Å². The normalized spacial score (nSPS) is 18.0. The number of benzene rings is 1. The van der Waals surface area contributed by atoms with Gasteiger partial charge in [0.15, 0.2) is 0 Å².